The summed E-state index contributed by atoms with van der Waals surface area (Å²) in [5.41, 5.74) is 0.421. The second kappa shape index (κ2) is 7.49. The van der Waals surface area contributed by atoms with Crippen LogP contribution in [-0.4, -0.2) is 71.9 Å². The van der Waals surface area contributed by atoms with E-state index >= 15 is 0 Å². The molecule has 1 fully saturated rings. The Labute approximate surface area is 170 Å². The van der Waals surface area contributed by atoms with Crippen molar-refractivity contribution in [3.8, 4) is 28.7 Å². The molecule has 2 aliphatic rings. The summed E-state index contributed by atoms with van der Waals surface area (Å²) < 4.78 is 11.3. The Bertz CT molecular complexity index is 961. The Balaban J connectivity index is 1.79. The maximum atomic E-state index is 10.6. The second-order valence-corrected chi connectivity index (χ2v) is 7.50. The predicted octanol–water partition coefficient (Wildman–Crippen LogP) is -0.300. The highest BCUT2D eigenvalue weighted by Crippen LogP contribution is 2.50. The van der Waals surface area contributed by atoms with E-state index in [4.69, 9.17) is 9.47 Å². The highest BCUT2D eigenvalue weighted by Gasteiger charge is 2.43. The van der Waals surface area contributed by atoms with E-state index in [9.17, 15) is 40.9 Å². The first-order chi connectivity index (χ1) is 14.2. The second-order valence-electron chi connectivity index (χ2n) is 7.50. The third-order valence-corrected chi connectivity index (χ3v) is 5.50. The van der Waals surface area contributed by atoms with Gasteiger partial charge in [-0.05, 0) is 17.7 Å². The molecule has 0 bridgehead atoms. The number of phenols is 4. The molecule has 0 radical (unpaired) electrons. The molecule has 0 spiro atoms. The van der Waals surface area contributed by atoms with Gasteiger partial charge in [-0.15, -0.1) is 0 Å². The Morgan fingerprint density at radius 3 is 2.17 bits per heavy atom. The minimum atomic E-state index is -1.60. The molecule has 10 heteroatoms. The number of aliphatic hydroxyl groups is 4. The lowest BCUT2D eigenvalue weighted by Crippen LogP contribution is -2.49. The number of hydrogen-bond acceptors (Lipinski definition) is 10. The molecule has 0 unspecified atom stereocenters. The summed E-state index contributed by atoms with van der Waals surface area (Å²) in [7, 11) is 0. The van der Waals surface area contributed by atoms with Crippen molar-refractivity contribution < 1.29 is 50.3 Å². The van der Waals surface area contributed by atoms with Gasteiger partial charge in [0.15, 0.2) is 11.5 Å². The molecule has 0 saturated carbocycles. The molecule has 0 aromatic heterocycles. The molecular formula is C20H22O10. The molecular weight excluding hydrogens is 400 g/mol. The maximum absolute atomic E-state index is 10.6. The number of benzene rings is 2. The van der Waals surface area contributed by atoms with Crippen molar-refractivity contribution in [3.63, 3.8) is 0 Å². The van der Waals surface area contributed by atoms with Crippen LogP contribution in [0.2, 0.25) is 0 Å². The highest BCUT2D eigenvalue weighted by atomic mass is 16.5. The van der Waals surface area contributed by atoms with Crippen molar-refractivity contribution in [2.24, 2.45) is 0 Å². The van der Waals surface area contributed by atoms with Crippen LogP contribution in [0.3, 0.4) is 0 Å². The van der Waals surface area contributed by atoms with Gasteiger partial charge in [0.25, 0.3) is 0 Å². The van der Waals surface area contributed by atoms with E-state index in [0.717, 1.165) is 6.07 Å². The van der Waals surface area contributed by atoms with Crippen LogP contribution in [0.25, 0.3) is 0 Å². The smallest absolute Gasteiger partial charge is 0.157 e. The molecule has 0 aliphatic carbocycles. The molecule has 4 rings (SSSR count). The van der Waals surface area contributed by atoms with Gasteiger partial charge in [0.2, 0.25) is 0 Å². The molecule has 1 saturated heterocycles. The third-order valence-electron chi connectivity index (χ3n) is 5.50. The molecule has 2 aromatic rings. The summed E-state index contributed by atoms with van der Waals surface area (Å²) >= 11 is 0. The fourth-order valence-corrected chi connectivity index (χ4v) is 3.89. The summed E-state index contributed by atoms with van der Waals surface area (Å²) in [6, 6.07) is 4.89. The standard InChI is InChI=1S/C20H22O10/c21-9-2-1-7(3-11(9)23)18-13(25)4-8-10(22)5-12(24)15(19(8)30-18)20-17(28)16(27)14(26)6-29-20/h1-3,5,13-14,16-18,20-28H,4,6H2/t13-,14+,16-,17+,18+,20-/m0/s1. The molecule has 0 amide bonds. The molecule has 10 nitrogen and oxygen atoms in total. The summed E-state index contributed by atoms with van der Waals surface area (Å²) in [6.45, 7) is -0.310. The van der Waals surface area contributed by atoms with Crippen molar-refractivity contribution in [1.29, 1.82) is 0 Å². The van der Waals surface area contributed by atoms with Crippen LogP contribution in [0.5, 0.6) is 28.7 Å². The zero-order valence-corrected chi connectivity index (χ0v) is 15.6. The van der Waals surface area contributed by atoms with Crippen LogP contribution in [0.1, 0.15) is 28.9 Å². The summed E-state index contributed by atoms with van der Waals surface area (Å²) in [5, 5.41) is 80.7. The molecule has 2 aromatic carbocycles. The lowest BCUT2D eigenvalue weighted by Gasteiger charge is -2.38. The molecule has 6 atom stereocenters. The number of ether oxygens (including phenoxy) is 2. The normalized spacial score (nSPS) is 31.1. The van der Waals surface area contributed by atoms with E-state index < -0.39 is 48.1 Å². The van der Waals surface area contributed by atoms with Crippen LogP contribution in [0.15, 0.2) is 24.3 Å². The number of fused-ring (bicyclic) bond motifs is 1. The van der Waals surface area contributed by atoms with Crippen molar-refractivity contribution in [2.45, 2.75) is 43.0 Å². The molecule has 30 heavy (non-hydrogen) atoms. The minimum Gasteiger partial charge on any atom is -0.507 e. The highest BCUT2D eigenvalue weighted by molar-refractivity contribution is 5.59. The zero-order chi connectivity index (χ0) is 21.7. The predicted molar refractivity (Wildman–Crippen MR) is 99.3 cm³/mol. The lowest BCUT2D eigenvalue weighted by molar-refractivity contribution is -0.190. The third kappa shape index (κ3) is 3.28. The quantitative estimate of drug-likeness (QED) is 0.299. The van der Waals surface area contributed by atoms with Crippen LogP contribution in [0, 0.1) is 0 Å². The average molecular weight is 422 g/mol. The van der Waals surface area contributed by atoms with Crippen LogP contribution >= 0.6 is 0 Å². The number of aromatic hydroxyl groups is 4. The van der Waals surface area contributed by atoms with E-state index in [1.807, 2.05) is 0 Å². The van der Waals surface area contributed by atoms with Crippen molar-refractivity contribution in [1.82, 2.24) is 0 Å². The molecule has 2 heterocycles. The minimum absolute atomic E-state index is 0.0528. The van der Waals surface area contributed by atoms with Gasteiger partial charge in [0, 0.05) is 18.1 Å². The van der Waals surface area contributed by atoms with Gasteiger partial charge in [0.05, 0.1) is 18.3 Å². The number of rotatable bonds is 2. The summed E-state index contributed by atoms with van der Waals surface area (Å²) in [5.74, 6) is -1.64. The summed E-state index contributed by atoms with van der Waals surface area (Å²) in [4.78, 5) is 0. The fourth-order valence-electron chi connectivity index (χ4n) is 3.89. The molecule has 2 aliphatic heterocycles. The van der Waals surface area contributed by atoms with E-state index in [1.165, 1.54) is 18.2 Å². The molecule has 8 N–H and O–H groups in total. The van der Waals surface area contributed by atoms with E-state index in [0.29, 0.717) is 5.56 Å². The Hall–Kier alpha value is -2.76. The number of hydrogen-bond donors (Lipinski definition) is 8. The van der Waals surface area contributed by atoms with Gasteiger partial charge < -0.3 is 50.3 Å². The van der Waals surface area contributed by atoms with Crippen LogP contribution < -0.4 is 4.74 Å². The topological polar surface area (TPSA) is 180 Å². The average Bonchev–Trinajstić information content (AvgIpc) is 2.70. The van der Waals surface area contributed by atoms with Crippen molar-refractivity contribution in [3.05, 3.63) is 41.0 Å². The number of phenolic OH excluding ortho intramolecular Hbond substituents is 4. The van der Waals surface area contributed by atoms with Gasteiger partial charge >= 0.3 is 0 Å². The SMILES string of the molecule is Oc1ccc([C@H]2Oc3c(c(O)cc(O)c3[C@@H]3OC[C@@H](O)[C@H](O)[C@H]3O)C[C@@H]2O)cc1O. The fraction of sp³-hybridized carbons (Fsp3) is 0.400. The molecule has 162 valence electrons. The van der Waals surface area contributed by atoms with Gasteiger partial charge in [-0.3, -0.25) is 0 Å². The first-order valence-corrected chi connectivity index (χ1v) is 9.29. The van der Waals surface area contributed by atoms with Gasteiger partial charge in [-0.2, -0.15) is 0 Å². The van der Waals surface area contributed by atoms with E-state index in [1.54, 1.807) is 0 Å². The number of aliphatic hydroxyl groups excluding tert-OH is 4. The first kappa shape index (κ1) is 20.5. The van der Waals surface area contributed by atoms with Crippen molar-refractivity contribution in [2.75, 3.05) is 6.61 Å². The largest absolute Gasteiger partial charge is 0.507 e. The van der Waals surface area contributed by atoms with E-state index in [2.05, 4.69) is 0 Å². The Morgan fingerprint density at radius 1 is 0.733 bits per heavy atom. The Morgan fingerprint density at radius 2 is 1.47 bits per heavy atom. The van der Waals surface area contributed by atoms with Crippen LogP contribution in [0.4, 0.5) is 0 Å². The first-order valence-electron chi connectivity index (χ1n) is 9.29. The maximum Gasteiger partial charge on any atom is 0.157 e. The monoisotopic (exact) mass is 422 g/mol. The van der Waals surface area contributed by atoms with Crippen molar-refractivity contribution >= 4 is 0 Å². The Kier molecular flexibility index (Phi) is 5.12. The van der Waals surface area contributed by atoms with Crippen LogP contribution in [-0.2, 0) is 11.2 Å². The summed E-state index contributed by atoms with van der Waals surface area (Å²) in [6.07, 6.45) is -8.00. The van der Waals surface area contributed by atoms with Gasteiger partial charge in [-0.1, -0.05) is 6.07 Å². The lowest BCUT2D eigenvalue weighted by atomic mass is 9.87. The van der Waals surface area contributed by atoms with Gasteiger partial charge in [0.1, 0.15) is 47.8 Å². The van der Waals surface area contributed by atoms with E-state index in [-0.39, 0.29) is 41.4 Å². The van der Waals surface area contributed by atoms with Gasteiger partial charge in [-0.25, -0.2) is 0 Å². The zero-order valence-electron chi connectivity index (χ0n) is 15.6.